The van der Waals surface area contributed by atoms with Crippen molar-refractivity contribution in [2.75, 3.05) is 23.7 Å². The molecule has 0 radical (unpaired) electrons. The van der Waals surface area contributed by atoms with E-state index in [0.29, 0.717) is 17.0 Å². The minimum Gasteiger partial charge on any atom is -0.473 e. The first-order valence-electron chi connectivity index (χ1n) is 7.68. The third-order valence-electron chi connectivity index (χ3n) is 4.48. The Balaban J connectivity index is 2.18. The Bertz CT molecular complexity index is 455. The van der Waals surface area contributed by atoms with Gasteiger partial charge in [0.25, 0.3) is 0 Å². The Kier molecular flexibility index (Phi) is 4.41. The molecule has 0 atom stereocenters. The first-order chi connectivity index (χ1) is 9.49. The third-order valence-corrected chi connectivity index (χ3v) is 4.48. The van der Waals surface area contributed by atoms with Crippen molar-refractivity contribution in [2.24, 2.45) is 5.41 Å². The topological polar surface area (TPSA) is 51.4 Å². The van der Waals surface area contributed by atoms with Gasteiger partial charge < -0.3 is 15.4 Å². The summed E-state index contributed by atoms with van der Waals surface area (Å²) in [5.74, 6) is 1.54. The lowest BCUT2D eigenvalue weighted by Gasteiger charge is -2.27. The van der Waals surface area contributed by atoms with Gasteiger partial charge in [0.1, 0.15) is 5.82 Å². The van der Waals surface area contributed by atoms with Gasteiger partial charge >= 0.3 is 0 Å². The van der Waals surface area contributed by atoms with Crippen LogP contribution in [0, 0.1) is 5.41 Å². The van der Waals surface area contributed by atoms with Crippen molar-refractivity contribution in [3.05, 3.63) is 12.1 Å². The Morgan fingerprint density at radius 2 is 2.05 bits per heavy atom. The summed E-state index contributed by atoms with van der Waals surface area (Å²) in [5.41, 5.74) is 6.99. The van der Waals surface area contributed by atoms with Gasteiger partial charge in [-0.15, -0.1) is 0 Å². The second-order valence-electron chi connectivity index (χ2n) is 6.11. The van der Waals surface area contributed by atoms with Crippen LogP contribution in [0.2, 0.25) is 0 Å². The molecular formula is C16H27N3O. The van der Waals surface area contributed by atoms with E-state index in [9.17, 15) is 0 Å². The monoisotopic (exact) mass is 277 g/mol. The quantitative estimate of drug-likeness (QED) is 0.895. The van der Waals surface area contributed by atoms with Gasteiger partial charge in [-0.05, 0) is 50.7 Å². The third kappa shape index (κ3) is 3.00. The van der Waals surface area contributed by atoms with Gasteiger partial charge in [0.15, 0.2) is 0 Å². The fraction of sp³-hybridized carbons (Fsp3) is 0.688. The Hall–Kier alpha value is -1.45. The Labute approximate surface area is 122 Å². The van der Waals surface area contributed by atoms with Crippen molar-refractivity contribution in [1.82, 2.24) is 4.98 Å². The zero-order valence-corrected chi connectivity index (χ0v) is 13.1. The van der Waals surface area contributed by atoms with Crippen molar-refractivity contribution in [3.8, 4) is 5.88 Å². The molecular weight excluding hydrogens is 250 g/mol. The first-order valence-corrected chi connectivity index (χ1v) is 7.68. The summed E-state index contributed by atoms with van der Waals surface area (Å²) in [7, 11) is 0. The van der Waals surface area contributed by atoms with Crippen LogP contribution >= 0.6 is 0 Å². The molecule has 1 aliphatic rings. The van der Waals surface area contributed by atoms with E-state index < -0.39 is 0 Å². The molecule has 0 aliphatic carbocycles. The smallest absolute Gasteiger partial charge is 0.239 e. The lowest BCUT2D eigenvalue weighted by molar-refractivity contribution is 0.234. The first kappa shape index (κ1) is 14.9. The highest BCUT2D eigenvalue weighted by atomic mass is 16.5. The molecule has 0 spiro atoms. The Morgan fingerprint density at radius 1 is 1.35 bits per heavy atom. The van der Waals surface area contributed by atoms with Crippen molar-refractivity contribution in [2.45, 2.75) is 53.1 Å². The number of pyridine rings is 1. The molecule has 1 fully saturated rings. The number of hydrogen-bond donors (Lipinski definition) is 1. The summed E-state index contributed by atoms with van der Waals surface area (Å²) in [4.78, 5) is 6.97. The summed E-state index contributed by atoms with van der Waals surface area (Å²) in [6.45, 7) is 10.7. The lowest BCUT2D eigenvalue weighted by Crippen LogP contribution is -2.27. The number of anilines is 2. The number of nitrogen functional groups attached to an aromatic ring is 1. The van der Waals surface area contributed by atoms with Crippen LogP contribution in [-0.4, -0.2) is 24.2 Å². The van der Waals surface area contributed by atoms with E-state index >= 15 is 0 Å². The van der Waals surface area contributed by atoms with Gasteiger partial charge in [-0.2, -0.15) is 4.98 Å². The fourth-order valence-electron chi connectivity index (χ4n) is 2.89. The largest absolute Gasteiger partial charge is 0.473 e. The van der Waals surface area contributed by atoms with E-state index in [1.165, 1.54) is 19.3 Å². The van der Waals surface area contributed by atoms with Gasteiger partial charge in [-0.25, -0.2) is 0 Å². The second kappa shape index (κ2) is 5.90. The molecule has 2 rings (SSSR count). The average Bonchev–Trinajstić information content (AvgIpc) is 2.86. The number of hydrogen-bond acceptors (Lipinski definition) is 4. The summed E-state index contributed by atoms with van der Waals surface area (Å²) in [5, 5.41) is 0. The van der Waals surface area contributed by atoms with Gasteiger partial charge in [0, 0.05) is 13.1 Å². The fourth-order valence-corrected chi connectivity index (χ4v) is 2.89. The van der Waals surface area contributed by atoms with Crippen molar-refractivity contribution in [1.29, 1.82) is 0 Å². The molecule has 0 bridgehead atoms. The maximum atomic E-state index is 5.94. The molecule has 1 aliphatic heterocycles. The zero-order valence-electron chi connectivity index (χ0n) is 13.1. The minimum atomic E-state index is 0.0870. The van der Waals surface area contributed by atoms with Crippen LogP contribution in [0.25, 0.3) is 0 Å². The number of nitrogens with two attached hydrogens (primary N) is 1. The molecule has 20 heavy (non-hydrogen) atoms. The van der Waals surface area contributed by atoms with E-state index in [0.717, 1.165) is 18.9 Å². The maximum Gasteiger partial charge on any atom is 0.239 e. The normalized spacial score (nSPS) is 17.8. The molecule has 1 aromatic rings. The van der Waals surface area contributed by atoms with Crippen LogP contribution in [-0.2, 0) is 0 Å². The van der Waals surface area contributed by atoms with E-state index in [1.807, 2.05) is 26.0 Å². The molecule has 0 amide bonds. The van der Waals surface area contributed by atoms with Crippen LogP contribution in [0.5, 0.6) is 5.88 Å². The highest BCUT2D eigenvalue weighted by Gasteiger charge is 2.35. The van der Waals surface area contributed by atoms with Crippen molar-refractivity contribution < 1.29 is 4.74 Å². The summed E-state index contributed by atoms with van der Waals surface area (Å²) < 4.78 is 5.69. The maximum absolute atomic E-state index is 5.94. The molecule has 4 nitrogen and oxygen atoms in total. The standard InChI is InChI=1S/C16H27N3O/c1-5-16(6-2)9-10-19(11-16)14-8-7-13(17)15(18-14)20-12(3)4/h7-8,12H,5-6,9-11,17H2,1-4H3. The van der Waals surface area contributed by atoms with Gasteiger partial charge in [0.2, 0.25) is 5.88 Å². The van der Waals surface area contributed by atoms with Crippen LogP contribution in [0.4, 0.5) is 11.5 Å². The number of ether oxygens (including phenoxy) is 1. The van der Waals surface area contributed by atoms with E-state index in [-0.39, 0.29) is 6.10 Å². The molecule has 0 aromatic carbocycles. The number of nitrogens with zero attached hydrogens (tertiary/aromatic N) is 2. The lowest BCUT2D eigenvalue weighted by atomic mass is 9.82. The summed E-state index contributed by atoms with van der Waals surface area (Å²) in [6.07, 6.45) is 3.78. The molecule has 1 aromatic heterocycles. The SMILES string of the molecule is CCC1(CC)CCN(c2ccc(N)c(OC(C)C)n2)C1. The van der Waals surface area contributed by atoms with Gasteiger partial charge in [-0.3, -0.25) is 0 Å². The van der Waals surface area contributed by atoms with Crippen molar-refractivity contribution >= 4 is 11.5 Å². The highest BCUT2D eigenvalue weighted by Crippen LogP contribution is 2.39. The van der Waals surface area contributed by atoms with Crippen LogP contribution in [0.3, 0.4) is 0 Å². The summed E-state index contributed by atoms with van der Waals surface area (Å²) >= 11 is 0. The average molecular weight is 277 g/mol. The van der Waals surface area contributed by atoms with Gasteiger partial charge in [-0.1, -0.05) is 13.8 Å². The highest BCUT2D eigenvalue weighted by molar-refractivity contribution is 5.55. The number of rotatable bonds is 5. The molecule has 0 saturated carbocycles. The molecule has 112 valence electrons. The molecule has 0 unspecified atom stereocenters. The van der Waals surface area contributed by atoms with Crippen LogP contribution in [0.15, 0.2) is 12.1 Å². The minimum absolute atomic E-state index is 0.0870. The predicted octanol–water partition coefficient (Wildman–Crippen LogP) is 3.47. The predicted molar refractivity (Wildman–Crippen MR) is 84.3 cm³/mol. The van der Waals surface area contributed by atoms with Crippen LogP contribution in [0.1, 0.15) is 47.0 Å². The van der Waals surface area contributed by atoms with Gasteiger partial charge in [0.05, 0.1) is 11.8 Å². The Morgan fingerprint density at radius 3 is 2.60 bits per heavy atom. The van der Waals surface area contributed by atoms with E-state index in [1.54, 1.807) is 0 Å². The summed E-state index contributed by atoms with van der Waals surface area (Å²) in [6, 6.07) is 3.90. The molecule has 4 heteroatoms. The number of aromatic nitrogens is 1. The molecule has 2 heterocycles. The van der Waals surface area contributed by atoms with Crippen LogP contribution < -0.4 is 15.4 Å². The molecule has 2 N–H and O–H groups in total. The second-order valence-corrected chi connectivity index (χ2v) is 6.11. The zero-order chi connectivity index (χ0) is 14.8. The molecule has 1 saturated heterocycles. The van der Waals surface area contributed by atoms with E-state index in [4.69, 9.17) is 10.5 Å². The van der Waals surface area contributed by atoms with E-state index in [2.05, 4.69) is 23.7 Å². The van der Waals surface area contributed by atoms with Crippen molar-refractivity contribution in [3.63, 3.8) is 0 Å².